The van der Waals surface area contributed by atoms with Crippen LogP contribution < -0.4 is 9.47 Å². The second-order valence-electron chi connectivity index (χ2n) is 12.5. The number of hydrogen-bond acceptors (Lipinski definition) is 10. The Hall–Kier alpha value is -1.50. The fraction of sp³-hybridized carbons (Fsp3) is 0.812. The van der Waals surface area contributed by atoms with Crippen molar-refractivity contribution in [3.63, 3.8) is 0 Å². The van der Waals surface area contributed by atoms with E-state index in [9.17, 15) is 5.11 Å². The van der Waals surface area contributed by atoms with Gasteiger partial charge in [-0.05, 0) is 62.6 Å². The summed E-state index contributed by atoms with van der Waals surface area (Å²) in [6.45, 7) is 6.28. The Morgan fingerprint density at radius 2 is 1.64 bits per heavy atom. The van der Waals surface area contributed by atoms with Gasteiger partial charge < -0.3 is 43.0 Å². The Kier molecular flexibility index (Phi) is 9.92. The summed E-state index contributed by atoms with van der Waals surface area (Å²) < 4.78 is 46.4. The fourth-order valence-corrected chi connectivity index (χ4v) is 8.11. The van der Waals surface area contributed by atoms with Gasteiger partial charge in [0.15, 0.2) is 18.3 Å². The third-order valence-electron chi connectivity index (χ3n) is 10.3. The molecule has 2 saturated carbocycles. The number of ether oxygens (including phenoxy) is 8. The molecule has 1 saturated heterocycles. The van der Waals surface area contributed by atoms with Crippen molar-refractivity contribution in [2.45, 2.75) is 74.2 Å². The molecule has 1 aromatic rings. The van der Waals surface area contributed by atoms with Gasteiger partial charge in [-0.1, -0.05) is 12.5 Å². The van der Waals surface area contributed by atoms with Crippen LogP contribution in [0.5, 0.6) is 11.5 Å². The van der Waals surface area contributed by atoms with Gasteiger partial charge in [0.2, 0.25) is 0 Å². The van der Waals surface area contributed by atoms with Gasteiger partial charge in [-0.3, -0.25) is 4.90 Å². The zero-order chi connectivity index (χ0) is 29.0. The van der Waals surface area contributed by atoms with Crippen LogP contribution in [0.3, 0.4) is 0 Å². The van der Waals surface area contributed by atoms with Gasteiger partial charge in [0, 0.05) is 32.4 Å². The molecule has 6 rings (SSSR count). The average molecular weight is 592 g/mol. The van der Waals surface area contributed by atoms with Gasteiger partial charge >= 0.3 is 0 Å². The lowest BCUT2D eigenvalue weighted by atomic mass is 9.48. The van der Waals surface area contributed by atoms with Gasteiger partial charge in [0.1, 0.15) is 6.10 Å². The number of benzene rings is 1. The molecular weight excluding hydrogens is 542 g/mol. The summed E-state index contributed by atoms with van der Waals surface area (Å²) in [5, 5.41) is 12.8. The Labute approximate surface area is 249 Å². The van der Waals surface area contributed by atoms with Crippen molar-refractivity contribution in [1.29, 1.82) is 0 Å². The van der Waals surface area contributed by atoms with Crippen molar-refractivity contribution < 1.29 is 43.0 Å². The predicted octanol–water partition coefficient (Wildman–Crippen LogP) is 2.70. The first-order valence-electron chi connectivity index (χ1n) is 15.9. The Morgan fingerprint density at radius 3 is 2.38 bits per heavy atom. The molecule has 10 nitrogen and oxygen atoms in total. The van der Waals surface area contributed by atoms with Crippen LogP contribution in [0.4, 0.5) is 0 Å². The zero-order valence-corrected chi connectivity index (χ0v) is 25.4. The lowest BCUT2D eigenvalue weighted by Crippen LogP contribution is -2.77. The molecule has 3 aliphatic carbocycles. The summed E-state index contributed by atoms with van der Waals surface area (Å²) in [6, 6.07) is 4.28. The number of piperidine rings is 1. The van der Waals surface area contributed by atoms with E-state index in [1.807, 2.05) is 6.07 Å². The summed E-state index contributed by atoms with van der Waals surface area (Å²) in [7, 11) is 3.31. The van der Waals surface area contributed by atoms with Gasteiger partial charge in [-0.15, -0.1) is 0 Å². The van der Waals surface area contributed by atoms with Gasteiger partial charge in [0.25, 0.3) is 0 Å². The summed E-state index contributed by atoms with van der Waals surface area (Å²) >= 11 is 0. The van der Waals surface area contributed by atoms with Crippen molar-refractivity contribution in [2.24, 2.45) is 5.92 Å². The number of aliphatic hydroxyl groups is 1. The first kappa shape index (κ1) is 30.5. The minimum Gasteiger partial charge on any atom is -0.482 e. The van der Waals surface area contributed by atoms with E-state index in [1.54, 1.807) is 14.2 Å². The van der Waals surface area contributed by atoms with E-state index in [2.05, 4.69) is 11.0 Å². The highest BCUT2D eigenvalue weighted by molar-refractivity contribution is 5.63. The molecule has 0 unspecified atom stereocenters. The summed E-state index contributed by atoms with van der Waals surface area (Å²) in [4.78, 5) is 2.60. The highest BCUT2D eigenvalue weighted by Crippen LogP contribution is 2.66. The van der Waals surface area contributed by atoms with E-state index in [-0.39, 0.29) is 25.0 Å². The van der Waals surface area contributed by atoms with Crippen LogP contribution in [0.2, 0.25) is 0 Å². The first-order valence-corrected chi connectivity index (χ1v) is 15.9. The predicted molar refractivity (Wildman–Crippen MR) is 154 cm³/mol. The smallest absolute Gasteiger partial charge is 0.189 e. The molecule has 1 aromatic carbocycles. The van der Waals surface area contributed by atoms with Crippen LogP contribution in [0.15, 0.2) is 12.1 Å². The number of methoxy groups -OCH3 is 2. The lowest BCUT2D eigenvalue weighted by Gasteiger charge is -2.64. The molecule has 3 fully saturated rings. The van der Waals surface area contributed by atoms with Gasteiger partial charge in [-0.25, -0.2) is 0 Å². The Balaban J connectivity index is 1.19. The van der Waals surface area contributed by atoms with E-state index in [0.29, 0.717) is 65.0 Å². The maximum absolute atomic E-state index is 12.8. The van der Waals surface area contributed by atoms with Gasteiger partial charge in [0.05, 0.1) is 70.0 Å². The molecule has 10 heteroatoms. The summed E-state index contributed by atoms with van der Waals surface area (Å²) in [5.74, 6) is 2.19. The zero-order valence-electron chi connectivity index (χ0n) is 25.4. The molecular formula is C32H49NO9. The van der Waals surface area contributed by atoms with Crippen LogP contribution >= 0.6 is 0 Å². The number of hydrogen-bond donors (Lipinski definition) is 1. The standard InChI is InChI=1S/C32H49NO9/c1-35-12-14-37-16-17-38-18-19-40-26-8-9-32(34)27-20-24-6-7-25(41-22-39-15-13-36-2)29-28(24)31(32,30(26)42-29)10-11-33(27)21-23-4-3-5-23/h6-7,23,26-27,30,34H,3-5,8-22H2,1-2H3/t26-,27+,30-,31-,32+/m0/s1. The molecule has 2 heterocycles. The molecule has 0 aromatic heterocycles. The second kappa shape index (κ2) is 13.6. The van der Waals surface area contributed by atoms with E-state index in [1.165, 1.54) is 24.8 Å². The van der Waals surface area contributed by atoms with Crippen molar-refractivity contribution >= 4 is 0 Å². The molecule has 5 aliphatic rings. The number of rotatable bonds is 18. The monoisotopic (exact) mass is 591 g/mol. The second-order valence-corrected chi connectivity index (χ2v) is 12.5. The maximum Gasteiger partial charge on any atom is 0.189 e. The topological polar surface area (TPSA) is 97.3 Å². The van der Waals surface area contributed by atoms with Gasteiger partial charge in [-0.2, -0.15) is 0 Å². The molecule has 2 aliphatic heterocycles. The normalized spacial score (nSPS) is 31.5. The van der Waals surface area contributed by atoms with Crippen LogP contribution in [0, 0.1) is 5.92 Å². The molecule has 0 amide bonds. The van der Waals surface area contributed by atoms with Crippen LogP contribution in [0.1, 0.15) is 49.7 Å². The molecule has 42 heavy (non-hydrogen) atoms. The molecule has 5 atom stereocenters. The Bertz CT molecular complexity index is 1040. The molecule has 2 bridgehead atoms. The quantitative estimate of drug-likeness (QED) is 0.203. The number of likely N-dealkylation sites (tertiary alicyclic amines) is 1. The van der Waals surface area contributed by atoms with Crippen LogP contribution in [0.25, 0.3) is 0 Å². The van der Waals surface area contributed by atoms with Crippen molar-refractivity contribution in [2.75, 3.05) is 87.0 Å². The maximum atomic E-state index is 12.8. The highest BCUT2D eigenvalue weighted by Gasteiger charge is 2.73. The number of nitrogens with zero attached hydrogens (tertiary/aromatic N) is 1. The van der Waals surface area contributed by atoms with E-state index >= 15 is 0 Å². The van der Waals surface area contributed by atoms with E-state index in [4.69, 9.17) is 37.9 Å². The molecule has 1 N–H and O–H groups in total. The van der Waals surface area contributed by atoms with Crippen molar-refractivity contribution in [1.82, 2.24) is 4.90 Å². The highest BCUT2D eigenvalue weighted by atomic mass is 16.7. The molecule has 0 radical (unpaired) electrons. The molecule has 1 spiro atoms. The third-order valence-corrected chi connectivity index (χ3v) is 10.3. The summed E-state index contributed by atoms with van der Waals surface area (Å²) in [6.07, 6.45) is 6.65. The minimum absolute atomic E-state index is 0.0861. The largest absolute Gasteiger partial charge is 0.482 e. The van der Waals surface area contributed by atoms with E-state index < -0.39 is 11.0 Å². The Morgan fingerprint density at radius 1 is 0.905 bits per heavy atom. The van der Waals surface area contributed by atoms with E-state index in [0.717, 1.165) is 49.6 Å². The lowest BCUT2D eigenvalue weighted by molar-refractivity contribution is -0.218. The average Bonchev–Trinajstić information content (AvgIpc) is 3.32. The van der Waals surface area contributed by atoms with Crippen molar-refractivity contribution in [3.8, 4) is 11.5 Å². The third kappa shape index (κ3) is 5.58. The van der Waals surface area contributed by atoms with Crippen LogP contribution in [-0.4, -0.2) is 121 Å². The molecule has 236 valence electrons. The summed E-state index contributed by atoms with van der Waals surface area (Å²) in [5.41, 5.74) is 1.01. The fourth-order valence-electron chi connectivity index (χ4n) is 8.11. The SMILES string of the molecule is COCCOCCOCCO[C@H]1CC[C@@]2(O)[C@H]3Cc4ccc(OCOCCOC)c5c4[C@@]2(CCN3CC2CCC2)[C@H]1O5. The van der Waals surface area contributed by atoms with Crippen molar-refractivity contribution in [3.05, 3.63) is 23.3 Å². The van der Waals surface area contributed by atoms with Crippen LogP contribution in [-0.2, 0) is 40.3 Å². The first-order chi connectivity index (χ1) is 20.6. The minimum atomic E-state index is -0.874.